The fourth-order valence-corrected chi connectivity index (χ4v) is 3.97. The van der Waals surface area contributed by atoms with E-state index in [0.717, 1.165) is 32.0 Å². The van der Waals surface area contributed by atoms with Gasteiger partial charge in [-0.2, -0.15) is 0 Å². The maximum Gasteiger partial charge on any atom is 0.0239 e. The summed E-state index contributed by atoms with van der Waals surface area (Å²) in [5, 5.41) is 0. The molecule has 0 unspecified atom stereocenters. The molecule has 1 aromatic carbocycles. The third kappa shape index (κ3) is 5.10. The Morgan fingerprint density at radius 2 is 1.68 bits per heavy atom. The van der Waals surface area contributed by atoms with Gasteiger partial charge in [-0.25, -0.2) is 0 Å². The molecule has 22 heavy (non-hydrogen) atoms. The van der Waals surface area contributed by atoms with E-state index in [2.05, 4.69) is 37.8 Å². The molecule has 0 heterocycles. The number of nitrogens with two attached hydrogens (primary N) is 1. The molecule has 0 spiro atoms. The molecule has 0 bridgehead atoms. The second-order valence-corrected chi connectivity index (χ2v) is 7.26. The standard InChI is InChI=1S/C20H34N2/c1-16-12-17(2)20(18(3)13-16)15-22(11-7-10-21)14-19-8-5-4-6-9-19/h12-13,19H,4-11,14-15,21H2,1-3H3. The summed E-state index contributed by atoms with van der Waals surface area (Å²) >= 11 is 0. The summed E-state index contributed by atoms with van der Waals surface area (Å²) in [7, 11) is 0. The summed E-state index contributed by atoms with van der Waals surface area (Å²) < 4.78 is 0. The van der Waals surface area contributed by atoms with Gasteiger partial charge in [0, 0.05) is 13.1 Å². The van der Waals surface area contributed by atoms with Gasteiger partial charge in [0.15, 0.2) is 0 Å². The predicted molar refractivity (Wildman–Crippen MR) is 96.2 cm³/mol. The van der Waals surface area contributed by atoms with E-state index in [9.17, 15) is 0 Å². The van der Waals surface area contributed by atoms with Gasteiger partial charge >= 0.3 is 0 Å². The minimum atomic E-state index is 0.799. The summed E-state index contributed by atoms with van der Waals surface area (Å²) in [5.41, 5.74) is 11.5. The van der Waals surface area contributed by atoms with E-state index >= 15 is 0 Å². The van der Waals surface area contributed by atoms with Crippen molar-refractivity contribution in [1.82, 2.24) is 4.90 Å². The highest BCUT2D eigenvalue weighted by molar-refractivity contribution is 5.37. The van der Waals surface area contributed by atoms with Crippen LogP contribution in [0, 0.1) is 26.7 Å². The van der Waals surface area contributed by atoms with E-state index in [0.29, 0.717) is 0 Å². The zero-order valence-corrected chi connectivity index (χ0v) is 14.8. The molecule has 0 aromatic heterocycles. The molecule has 2 heteroatoms. The van der Waals surface area contributed by atoms with Crippen LogP contribution in [0.15, 0.2) is 12.1 Å². The van der Waals surface area contributed by atoms with Crippen molar-refractivity contribution in [3.63, 3.8) is 0 Å². The van der Waals surface area contributed by atoms with Crippen molar-refractivity contribution >= 4 is 0 Å². The fourth-order valence-electron chi connectivity index (χ4n) is 3.97. The van der Waals surface area contributed by atoms with Crippen LogP contribution in [0.5, 0.6) is 0 Å². The lowest BCUT2D eigenvalue weighted by Crippen LogP contribution is -2.32. The fraction of sp³-hybridized carbons (Fsp3) is 0.700. The smallest absolute Gasteiger partial charge is 0.0239 e. The minimum absolute atomic E-state index is 0.799. The van der Waals surface area contributed by atoms with Crippen LogP contribution in [0.2, 0.25) is 0 Å². The van der Waals surface area contributed by atoms with Crippen LogP contribution in [0.3, 0.4) is 0 Å². The number of hydrogen-bond acceptors (Lipinski definition) is 2. The zero-order chi connectivity index (χ0) is 15.9. The Balaban J connectivity index is 2.05. The highest BCUT2D eigenvalue weighted by Crippen LogP contribution is 2.26. The van der Waals surface area contributed by atoms with Crippen molar-refractivity contribution in [3.8, 4) is 0 Å². The van der Waals surface area contributed by atoms with Crippen LogP contribution in [-0.4, -0.2) is 24.5 Å². The van der Waals surface area contributed by atoms with Gasteiger partial charge in [0.2, 0.25) is 0 Å². The van der Waals surface area contributed by atoms with Crippen LogP contribution in [0.1, 0.15) is 60.8 Å². The Morgan fingerprint density at radius 3 is 2.27 bits per heavy atom. The maximum atomic E-state index is 5.76. The number of benzene rings is 1. The summed E-state index contributed by atoms with van der Waals surface area (Å²) in [6, 6.07) is 4.65. The molecule has 0 amide bonds. The molecule has 2 N–H and O–H groups in total. The maximum absolute atomic E-state index is 5.76. The average molecular weight is 303 g/mol. The first-order chi connectivity index (χ1) is 10.6. The molecule has 2 nitrogen and oxygen atoms in total. The highest BCUT2D eigenvalue weighted by Gasteiger charge is 2.18. The molecule has 0 atom stereocenters. The van der Waals surface area contributed by atoms with E-state index in [1.807, 2.05) is 0 Å². The van der Waals surface area contributed by atoms with Crippen molar-refractivity contribution in [3.05, 3.63) is 34.4 Å². The van der Waals surface area contributed by atoms with E-state index in [1.165, 1.54) is 60.9 Å². The van der Waals surface area contributed by atoms with Crippen molar-refractivity contribution in [2.24, 2.45) is 11.7 Å². The van der Waals surface area contributed by atoms with Crippen molar-refractivity contribution in [1.29, 1.82) is 0 Å². The second kappa shape index (κ2) is 8.69. The monoisotopic (exact) mass is 302 g/mol. The lowest BCUT2D eigenvalue weighted by Gasteiger charge is -2.30. The van der Waals surface area contributed by atoms with Crippen molar-refractivity contribution in [2.45, 2.75) is 65.8 Å². The normalized spacial score (nSPS) is 16.4. The van der Waals surface area contributed by atoms with Gasteiger partial charge in [0.1, 0.15) is 0 Å². The largest absolute Gasteiger partial charge is 0.330 e. The van der Waals surface area contributed by atoms with Gasteiger partial charge in [-0.1, -0.05) is 37.0 Å². The molecule has 124 valence electrons. The van der Waals surface area contributed by atoms with Gasteiger partial charge in [-0.15, -0.1) is 0 Å². The lowest BCUT2D eigenvalue weighted by atomic mass is 9.88. The van der Waals surface area contributed by atoms with E-state index in [-0.39, 0.29) is 0 Å². The zero-order valence-electron chi connectivity index (χ0n) is 14.8. The van der Waals surface area contributed by atoms with Crippen LogP contribution >= 0.6 is 0 Å². The molecule has 1 fully saturated rings. The van der Waals surface area contributed by atoms with E-state index < -0.39 is 0 Å². The third-order valence-electron chi connectivity index (χ3n) is 5.14. The number of aryl methyl sites for hydroxylation is 3. The quantitative estimate of drug-likeness (QED) is 0.811. The predicted octanol–water partition coefficient (Wildman–Crippen LogP) is 4.34. The number of rotatable bonds is 7. The molecular formula is C20H34N2. The number of hydrogen-bond donors (Lipinski definition) is 1. The molecule has 0 radical (unpaired) electrons. The molecule has 1 aliphatic rings. The Morgan fingerprint density at radius 1 is 1.05 bits per heavy atom. The van der Waals surface area contributed by atoms with Gasteiger partial charge in [-0.3, -0.25) is 4.90 Å². The minimum Gasteiger partial charge on any atom is -0.330 e. The van der Waals surface area contributed by atoms with Gasteiger partial charge in [0.05, 0.1) is 0 Å². The molecule has 1 aromatic rings. The highest BCUT2D eigenvalue weighted by atomic mass is 15.1. The molecule has 1 aliphatic carbocycles. The first kappa shape index (κ1) is 17.5. The summed E-state index contributed by atoms with van der Waals surface area (Å²) in [6.45, 7) is 11.0. The lowest BCUT2D eigenvalue weighted by molar-refractivity contribution is 0.192. The molecule has 2 rings (SSSR count). The molecule has 0 saturated heterocycles. The summed E-state index contributed by atoms with van der Waals surface area (Å²) in [5.74, 6) is 0.901. The third-order valence-corrected chi connectivity index (χ3v) is 5.14. The Hall–Kier alpha value is -0.860. The summed E-state index contributed by atoms with van der Waals surface area (Å²) in [4.78, 5) is 2.66. The van der Waals surface area contributed by atoms with Gasteiger partial charge < -0.3 is 5.73 Å². The Bertz CT molecular complexity index is 438. The van der Waals surface area contributed by atoms with Gasteiger partial charge in [-0.05, 0) is 75.7 Å². The van der Waals surface area contributed by atoms with E-state index in [1.54, 1.807) is 0 Å². The Labute approximate surface area is 137 Å². The van der Waals surface area contributed by atoms with Crippen molar-refractivity contribution < 1.29 is 0 Å². The molecule has 1 saturated carbocycles. The molecular weight excluding hydrogens is 268 g/mol. The first-order valence-electron chi connectivity index (χ1n) is 9.09. The van der Waals surface area contributed by atoms with Gasteiger partial charge in [0.25, 0.3) is 0 Å². The molecule has 0 aliphatic heterocycles. The second-order valence-electron chi connectivity index (χ2n) is 7.26. The Kier molecular flexibility index (Phi) is 6.91. The first-order valence-corrected chi connectivity index (χ1v) is 9.09. The average Bonchev–Trinajstić information content (AvgIpc) is 2.49. The number of nitrogens with zero attached hydrogens (tertiary/aromatic N) is 1. The van der Waals surface area contributed by atoms with E-state index in [4.69, 9.17) is 5.73 Å². The summed E-state index contributed by atoms with van der Waals surface area (Å²) in [6.07, 6.45) is 8.25. The SMILES string of the molecule is Cc1cc(C)c(CN(CCCN)CC2CCCCC2)c(C)c1. The topological polar surface area (TPSA) is 29.3 Å². The van der Waals surface area contributed by atoms with Crippen LogP contribution < -0.4 is 5.73 Å². The van der Waals surface area contributed by atoms with Crippen LogP contribution in [-0.2, 0) is 6.54 Å². The van der Waals surface area contributed by atoms with Crippen molar-refractivity contribution in [2.75, 3.05) is 19.6 Å². The van der Waals surface area contributed by atoms with Crippen LogP contribution in [0.4, 0.5) is 0 Å². The van der Waals surface area contributed by atoms with Crippen LogP contribution in [0.25, 0.3) is 0 Å².